The summed E-state index contributed by atoms with van der Waals surface area (Å²) in [5, 5.41) is 0. The number of aromatic nitrogens is 1. The Bertz CT molecular complexity index is 1470. The van der Waals surface area contributed by atoms with Gasteiger partial charge in [0.15, 0.2) is 46.0 Å². The summed E-state index contributed by atoms with van der Waals surface area (Å²) < 4.78 is 36.8. The predicted octanol–water partition coefficient (Wildman–Crippen LogP) is 7.60. The molecule has 0 amide bonds. The number of para-hydroxylation sites is 8. The number of hydrogen-bond donors (Lipinski definition) is 0. The molecular weight excluding hydrogens is 506 g/mol. The smallest absolute Gasteiger partial charge is 0.169 e. The highest BCUT2D eigenvalue weighted by Crippen LogP contribution is 2.38. The molecular formula is C33H27NO6. The van der Waals surface area contributed by atoms with E-state index in [1.54, 1.807) is 0 Å². The Hall–Kier alpha value is -5.17. The highest BCUT2D eigenvalue weighted by atomic mass is 16.6. The van der Waals surface area contributed by atoms with Gasteiger partial charge in [-0.3, -0.25) is 4.98 Å². The van der Waals surface area contributed by atoms with Gasteiger partial charge in [-0.25, -0.2) is 0 Å². The van der Waals surface area contributed by atoms with Crippen molar-refractivity contribution >= 4 is 0 Å². The largest absolute Gasteiger partial charge is 0.486 e. The number of fused-ring (bicyclic) bond motifs is 6. The maximum Gasteiger partial charge on any atom is 0.169 e. The Kier molecular flexibility index (Phi) is 7.62. The van der Waals surface area contributed by atoms with Crippen molar-refractivity contribution in [3.05, 3.63) is 127 Å². The van der Waals surface area contributed by atoms with E-state index in [-0.39, 0.29) is 13.2 Å². The summed E-state index contributed by atoms with van der Waals surface area (Å²) in [6, 6.07) is 35.8. The van der Waals surface area contributed by atoms with Gasteiger partial charge < -0.3 is 28.4 Å². The van der Waals surface area contributed by atoms with Crippen LogP contribution in [0.5, 0.6) is 46.0 Å². The molecule has 0 aliphatic carbocycles. The molecule has 2 bridgehead atoms. The van der Waals surface area contributed by atoms with Gasteiger partial charge in [0.1, 0.15) is 26.4 Å². The summed E-state index contributed by atoms with van der Waals surface area (Å²) >= 11 is 0. The maximum absolute atomic E-state index is 6.24. The summed E-state index contributed by atoms with van der Waals surface area (Å²) in [5.74, 6) is 4.67. The average molecular weight is 534 g/mol. The lowest BCUT2D eigenvalue weighted by atomic mass is 10.3. The van der Waals surface area contributed by atoms with Crippen LogP contribution in [0.1, 0.15) is 11.4 Å². The van der Waals surface area contributed by atoms with E-state index >= 15 is 0 Å². The molecule has 6 rings (SSSR count). The number of benzene rings is 4. The quantitative estimate of drug-likeness (QED) is 0.203. The Labute approximate surface area is 232 Å². The Morgan fingerprint density at radius 3 is 1.05 bits per heavy atom. The highest BCUT2D eigenvalue weighted by molar-refractivity contribution is 5.48. The number of hydrogen-bond acceptors (Lipinski definition) is 7. The molecule has 5 aromatic rings. The maximum atomic E-state index is 6.24. The van der Waals surface area contributed by atoms with E-state index in [2.05, 4.69) is 0 Å². The second-order valence-electron chi connectivity index (χ2n) is 8.89. The fourth-order valence-corrected chi connectivity index (χ4v) is 4.15. The van der Waals surface area contributed by atoms with E-state index < -0.39 is 0 Å². The van der Waals surface area contributed by atoms with E-state index in [1.165, 1.54) is 0 Å². The van der Waals surface area contributed by atoms with Gasteiger partial charge in [-0.05, 0) is 60.7 Å². The van der Waals surface area contributed by atoms with Crippen molar-refractivity contribution in [3.63, 3.8) is 0 Å². The molecule has 0 unspecified atom stereocenters. The summed E-state index contributed by atoms with van der Waals surface area (Å²) in [4.78, 5) is 4.72. The van der Waals surface area contributed by atoms with Crippen LogP contribution in [0.3, 0.4) is 0 Å². The van der Waals surface area contributed by atoms with Crippen LogP contribution in [-0.2, 0) is 13.2 Å². The van der Waals surface area contributed by atoms with Crippen molar-refractivity contribution < 1.29 is 28.4 Å². The Morgan fingerprint density at radius 1 is 0.350 bits per heavy atom. The van der Waals surface area contributed by atoms with E-state index in [9.17, 15) is 0 Å². The zero-order chi connectivity index (χ0) is 27.0. The standard InChI is InChI=1S/C33H27NO6/c1-5-16-30-26(12-1)35-20-21-36-27-13-2-6-17-31(27)40-33-19-8-4-15-29(33)38-23-25-11-9-10-24(34-25)22-37-28-14-3-7-18-32(28)39-30/h1-19H,20-23H2. The van der Waals surface area contributed by atoms with Crippen molar-refractivity contribution in [2.45, 2.75) is 13.2 Å². The molecule has 40 heavy (non-hydrogen) atoms. The highest BCUT2D eigenvalue weighted by Gasteiger charge is 2.14. The molecule has 0 radical (unpaired) electrons. The fraction of sp³-hybridized carbons (Fsp3) is 0.121. The lowest BCUT2D eigenvalue weighted by Gasteiger charge is -2.16. The first-order chi connectivity index (χ1) is 19.8. The molecule has 1 aliphatic heterocycles. The van der Waals surface area contributed by atoms with Gasteiger partial charge >= 0.3 is 0 Å². The number of nitrogens with zero attached hydrogens (tertiary/aromatic N) is 1. The number of ether oxygens (including phenoxy) is 6. The predicted molar refractivity (Wildman–Crippen MR) is 150 cm³/mol. The van der Waals surface area contributed by atoms with E-state index in [0.717, 1.165) is 11.4 Å². The minimum Gasteiger partial charge on any atom is -0.486 e. The molecule has 0 saturated carbocycles. The van der Waals surface area contributed by atoms with Gasteiger partial charge in [-0.2, -0.15) is 0 Å². The van der Waals surface area contributed by atoms with E-state index in [1.807, 2.05) is 115 Å². The molecule has 1 aliphatic rings. The second-order valence-corrected chi connectivity index (χ2v) is 8.89. The first-order valence-corrected chi connectivity index (χ1v) is 13.0. The molecule has 200 valence electrons. The van der Waals surface area contributed by atoms with Gasteiger partial charge in [-0.15, -0.1) is 0 Å². The lowest BCUT2D eigenvalue weighted by molar-refractivity contribution is 0.208. The third-order valence-electron chi connectivity index (χ3n) is 6.05. The Balaban J connectivity index is 1.32. The number of rotatable bonds is 0. The molecule has 4 aromatic carbocycles. The van der Waals surface area contributed by atoms with Crippen LogP contribution in [0.15, 0.2) is 115 Å². The van der Waals surface area contributed by atoms with Crippen LogP contribution in [-0.4, -0.2) is 18.2 Å². The number of pyridine rings is 1. The SMILES string of the molecule is c1cc2nc(c1)COc1ccccc1Oc1ccccc1OCCOc1ccccc1Oc1ccccc1OC2. The van der Waals surface area contributed by atoms with Crippen LogP contribution < -0.4 is 28.4 Å². The van der Waals surface area contributed by atoms with E-state index in [4.69, 9.17) is 33.4 Å². The molecule has 0 N–H and O–H groups in total. The van der Waals surface area contributed by atoms with Crippen LogP contribution in [0.25, 0.3) is 0 Å². The first-order valence-electron chi connectivity index (χ1n) is 13.0. The van der Waals surface area contributed by atoms with E-state index in [0.29, 0.717) is 59.2 Å². The molecule has 0 atom stereocenters. The van der Waals surface area contributed by atoms with Gasteiger partial charge in [0.25, 0.3) is 0 Å². The van der Waals surface area contributed by atoms with Gasteiger partial charge in [0, 0.05) is 0 Å². The second kappa shape index (κ2) is 12.1. The molecule has 0 spiro atoms. The average Bonchev–Trinajstić information content (AvgIpc) is 3.00. The molecule has 0 fully saturated rings. The van der Waals surface area contributed by atoms with Crippen LogP contribution >= 0.6 is 0 Å². The topological polar surface area (TPSA) is 68.3 Å². The van der Waals surface area contributed by atoms with Gasteiger partial charge in [0.05, 0.1) is 11.4 Å². The van der Waals surface area contributed by atoms with Crippen molar-refractivity contribution in [1.29, 1.82) is 0 Å². The first kappa shape index (κ1) is 25.1. The van der Waals surface area contributed by atoms with Crippen LogP contribution in [0.2, 0.25) is 0 Å². The summed E-state index contributed by atoms with van der Waals surface area (Å²) in [6.45, 7) is 1.13. The molecule has 7 heteroatoms. The van der Waals surface area contributed by atoms with Crippen molar-refractivity contribution in [2.24, 2.45) is 0 Å². The van der Waals surface area contributed by atoms with Crippen LogP contribution in [0.4, 0.5) is 0 Å². The van der Waals surface area contributed by atoms with Gasteiger partial charge in [-0.1, -0.05) is 54.6 Å². The molecule has 7 nitrogen and oxygen atoms in total. The zero-order valence-electron chi connectivity index (χ0n) is 21.7. The summed E-state index contributed by atoms with van der Waals surface area (Å²) in [6.07, 6.45) is 0. The van der Waals surface area contributed by atoms with Gasteiger partial charge in [0.2, 0.25) is 0 Å². The molecule has 2 heterocycles. The van der Waals surface area contributed by atoms with Crippen molar-refractivity contribution in [1.82, 2.24) is 4.98 Å². The minimum atomic E-state index is 0.264. The third-order valence-corrected chi connectivity index (χ3v) is 6.05. The van der Waals surface area contributed by atoms with Crippen molar-refractivity contribution in [3.8, 4) is 46.0 Å². The van der Waals surface area contributed by atoms with Crippen LogP contribution in [0, 0.1) is 0 Å². The zero-order valence-corrected chi connectivity index (χ0v) is 21.7. The fourth-order valence-electron chi connectivity index (χ4n) is 4.15. The monoisotopic (exact) mass is 533 g/mol. The summed E-state index contributed by atoms with van der Waals surface area (Å²) in [7, 11) is 0. The lowest BCUT2D eigenvalue weighted by Crippen LogP contribution is -2.10. The van der Waals surface area contributed by atoms with Crippen molar-refractivity contribution in [2.75, 3.05) is 13.2 Å². The minimum absolute atomic E-state index is 0.264. The third kappa shape index (κ3) is 6.10. The summed E-state index contributed by atoms with van der Waals surface area (Å²) in [5.41, 5.74) is 1.53. The molecule has 0 saturated heterocycles. The normalized spacial score (nSPS) is 13.3. The molecule has 1 aromatic heterocycles. The Morgan fingerprint density at radius 2 is 0.675 bits per heavy atom.